The van der Waals surface area contributed by atoms with Gasteiger partial charge in [0.15, 0.2) is 13.2 Å². The molecule has 0 aliphatic carbocycles. The lowest BCUT2D eigenvalue weighted by Gasteiger charge is -2.30. The van der Waals surface area contributed by atoms with E-state index in [9.17, 15) is 9.59 Å². The van der Waals surface area contributed by atoms with Crippen molar-refractivity contribution in [1.29, 1.82) is 0 Å². The summed E-state index contributed by atoms with van der Waals surface area (Å²) >= 11 is 0. The molecule has 1 heterocycles. The summed E-state index contributed by atoms with van der Waals surface area (Å²) in [5, 5.41) is 2.84. The molecule has 0 bridgehead atoms. The highest BCUT2D eigenvalue weighted by Crippen LogP contribution is 2.35. The number of ether oxygens (including phenoxy) is 2. The third kappa shape index (κ3) is 4.86. The van der Waals surface area contributed by atoms with E-state index < -0.39 is 0 Å². The third-order valence-corrected chi connectivity index (χ3v) is 5.07. The zero-order valence-corrected chi connectivity index (χ0v) is 17.6. The van der Waals surface area contributed by atoms with E-state index in [2.05, 4.69) is 5.32 Å². The molecule has 158 valence electrons. The van der Waals surface area contributed by atoms with Crippen LogP contribution in [0.3, 0.4) is 0 Å². The van der Waals surface area contributed by atoms with E-state index in [1.165, 1.54) is 0 Å². The summed E-state index contributed by atoms with van der Waals surface area (Å²) in [7, 11) is 0. The first-order valence-electron chi connectivity index (χ1n) is 10.1. The maximum absolute atomic E-state index is 12.5. The molecule has 1 aliphatic rings. The van der Waals surface area contributed by atoms with E-state index in [0.29, 0.717) is 29.4 Å². The molecular formula is C25H24N2O4. The SMILES string of the molecule is Cc1ccc(C)c(OCC(=O)Nc2ccc3c(c2)N(Cc2ccccc2)C(=O)CO3)c1. The highest BCUT2D eigenvalue weighted by atomic mass is 16.5. The second kappa shape index (κ2) is 8.92. The Morgan fingerprint density at radius 1 is 1.06 bits per heavy atom. The van der Waals surface area contributed by atoms with Crippen molar-refractivity contribution in [3.05, 3.63) is 83.4 Å². The van der Waals surface area contributed by atoms with Gasteiger partial charge in [0.25, 0.3) is 11.8 Å². The fourth-order valence-electron chi connectivity index (χ4n) is 3.42. The van der Waals surface area contributed by atoms with Gasteiger partial charge in [0, 0.05) is 5.69 Å². The van der Waals surface area contributed by atoms with Crippen molar-refractivity contribution in [3.8, 4) is 11.5 Å². The van der Waals surface area contributed by atoms with Gasteiger partial charge in [-0.2, -0.15) is 0 Å². The summed E-state index contributed by atoms with van der Waals surface area (Å²) in [5.41, 5.74) is 4.26. The predicted octanol–water partition coefficient (Wildman–Crippen LogP) is 4.25. The van der Waals surface area contributed by atoms with Gasteiger partial charge < -0.3 is 19.7 Å². The minimum atomic E-state index is -0.279. The fourth-order valence-corrected chi connectivity index (χ4v) is 3.42. The fraction of sp³-hybridized carbons (Fsp3) is 0.200. The van der Waals surface area contributed by atoms with Gasteiger partial charge in [-0.1, -0.05) is 42.5 Å². The molecule has 3 aromatic carbocycles. The van der Waals surface area contributed by atoms with E-state index in [-0.39, 0.29) is 25.0 Å². The van der Waals surface area contributed by atoms with E-state index in [4.69, 9.17) is 9.47 Å². The van der Waals surface area contributed by atoms with E-state index in [1.54, 1.807) is 23.1 Å². The van der Waals surface area contributed by atoms with Gasteiger partial charge in [0.05, 0.1) is 12.2 Å². The first-order chi connectivity index (χ1) is 15.0. The number of carbonyl (C=O) groups is 2. The summed E-state index contributed by atoms with van der Waals surface area (Å²) < 4.78 is 11.2. The lowest BCUT2D eigenvalue weighted by Crippen LogP contribution is -2.38. The molecule has 0 saturated heterocycles. The molecule has 1 aliphatic heterocycles. The van der Waals surface area contributed by atoms with E-state index >= 15 is 0 Å². The maximum Gasteiger partial charge on any atom is 0.265 e. The van der Waals surface area contributed by atoms with Crippen LogP contribution < -0.4 is 19.7 Å². The number of benzene rings is 3. The molecule has 4 rings (SSSR count). The van der Waals surface area contributed by atoms with Gasteiger partial charge in [0.1, 0.15) is 11.5 Å². The molecule has 6 heteroatoms. The largest absolute Gasteiger partial charge is 0.483 e. The van der Waals surface area contributed by atoms with E-state index in [0.717, 1.165) is 16.7 Å². The Labute approximate surface area is 181 Å². The smallest absolute Gasteiger partial charge is 0.265 e. The van der Waals surface area contributed by atoms with Crippen LogP contribution in [0.4, 0.5) is 11.4 Å². The van der Waals surface area contributed by atoms with Gasteiger partial charge in [-0.05, 0) is 54.8 Å². The zero-order valence-electron chi connectivity index (χ0n) is 17.6. The number of hydrogen-bond acceptors (Lipinski definition) is 4. The Balaban J connectivity index is 1.47. The molecule has 1 N–H and O–H groups in total. The number of carbonyl (C=O) groups excluding carboxylic acids is 2. The van der Waals surface area contributed by atoms with Crippen LogP contribution in [-0.2, 0) is 16.1 Å². The van der Waals surface area contributed by atoms with Crippen molar-refractivity contribution >= 4 is 23.2 Å². The average Bonchev–Trinajstić information content (AvgIpc) is 2.77. The van der Waals surface area contributed by atoms with Crippen molar-refractivity contribution < 1.29 is 19.1 Å². The molecule has 2 amide bonds. The van der Waals surface area contributed by atoms with Crippen molar-refractivity contribution in [2.75, 3.05) is 23.4 Å². The monoisotopic (exact) mass is 416 g/mol. The molecule has 6 nitrogen and oxygen atoms in total. The molecule has 3 aromatic rings. The number of amides is 2. The molecule has 0 saturated carbocycles. The Kier molecular flexibility index (Phi) is 5.89. The zero-order chi connectivity index (χ0) is 21.8. The number of nitrogens with zero attached hydrogens (tertiary/aromatic N) is 1. The molecular weight excluding hydrogens is 392 g/mol. The molecule has 0 unspecified atom stereocenters. The second-order valence-electron chi connectivity index (χ2n) is 7.54. The van der Waals surface area contributed by atoms with Crippen LogP contribution in [0.25, 0.3) is 0 Å². The standard InChI is InChI=1S/C25H24N2O4/c1-17-8-9-18(2)23(12-17)30-15-24(28)26-20-10-11-22-21(13-20)27(25(29)16-31-22)14-19-6-4-3-5-7-19/h3-13H,14-16H2,1-2H3,(H,26,28). The van der Waals surface area contributed by atoms with Crippen LogP contribution in [0.15, 0.2) is 66.7 Å². The number of aryl methyl sites for hydroxylation is 2. The molecule has 0 atom stereocenters. The number of rotatable bonds is 6. The van der Waals surface area contributed by atoms with Gasteiger partial charge in [-0.15, -0.1) is 0 Å². The molecule has 0 aromatic heterocycles. The van der Waals surface area contributed by atoms with Crippen LogP contribution in [0.1, 0.15) is 16.7 Å². The third-order valence-electron chi connectivity index (χ3n) is 5.07. The summed E-state index contributed by atoms with van der Waals surface area (Å²) in [5.74, 6) is 0.894. The summed E-state index contributed by atoms with van der Waals surface area (Å²) in [4.78, 5) is 26.6. The summed E-state index contributed by atoms with van der Waals surface area (Å²) in [6.07, 6.45) is 0. The normalized spacial score (nSPS) is 12.7. The highest BCUT2D eigenvalue weighted by Gasteiger charge is 2.26. The van der Waals surface area contributed by atoms with Crippen LogP contribution in [0, 0.1) is 13.8 Å². The lowest BCUT2D eigenvalue weighted by molar-refractivity contribution is -0.121. The number of fused-ring (bicyclic) bond motifs is 1. The number of hydrogen-bond donors (Lipinski definition) is 1. The minimum Gasteiger partial charge on any atom is -0.483 e. The van der Waals surface area contributed by atoms with Crippen LogP contribution in [0.2, 0.25) is 0 Å². The van der Waals surface area contributed by atoms with E-state index in [1.807, 2.05) is 62.4 Å². The summed E-state index contributed by atoms with van der Waals surface area (Å²) in [6, 6.07) is 20.9. The van der Waals surface area contributed by atoms with Gasteiger partial charge in [0.2, 0.25) is 0 Å². The topological polar surface area (TPSA) is 67.9 Å². The second-order valence-corrected chi connectivity index (χ2v) is 7.54. The Morgan fingerprint density at radius 3 is 2.68 bits per heavy atom. The quantitative estimate of drug-likeness (QED) is 0.652. The first kappa shape index (κ1) is 20.5. The number of anilines is 2. The van der Waals surface area contributed by atoms with Crippen LogP contribution in [-0.4, -0.2) is 25.0 Å². The molecule has 0 spiro atoms. The first-order valence-corrected chi connectivity index (χ1v) is 10.1. The van der Waals surface area contributed by atoms with Gasteiger partial charge in [-0.3, -0.25) is 9.59 Å². The predicted molar refractivity (Wildman–Crippen MR) is 120 cm³/mol. The molecule has 0 fully saturated rings. The van der Waals surface area contributed by atoms with Gasteiger partial charge in [-0.25, -0.2) is 0 Å². The van der Waals surface area contributed by atoms with Crippen LogP contribution in [0.5, 0.6) is 11.5 Å². The number of nitrogens with one attached hydrogen (secondary N) is 1. The maximum atomic E-state index is 12.5. The van der Waals surface area contributed by atoms with Crippen molar-refractivity contribution in [3.63, 3.8) is 0 Å². The Hall–Kier alpha value is -3.80. The van der Waals surface area contributed by atoms with Crippen molar-refractivity contribution in [2.45, 2.75) is 20.4 Å². The molecule has 0 radical (unpaired) electrons. The Bertz CT molecular complexity index is 1110. The van der Waals surface area contributed by atoms with Gasteiger partial charge >= 0.3 is 0 Å². The lowest BCUT2D eigenvalue weighted by atomic mass is 10.1. The highest BCUT2D eigenvalue weighted by molar-refractivity contribution is 5.99. The van der Waals surface area contributed by atoms with Crippen LogP contribution >= 0.6 is 0 Å². The summed E-state index contributed by atoms with van der Waals surface area (Å²) in [6.45, 7) is 4.24. The minimum absolute atomic E-state index is 0.00474. The average molecular weight is 416 g/mol. The Morgan fingerprint density at radius 2 is 1.87 bits per heavy atom. The van der Waals surface area contributed by atoms with Crippen molar-refractivity contribution in [2.24, 2.45) is 0 Å². The van der Waals surface area contributed by atoms with Crippen molar-refractivity contribution in [1.82, 2.24) is 0 Å². The molecule has 31 heavy (non-hydrogen) atoms.